The van der Waals surface area contributed by atoms with Crippen molar-refractivity contribution in [1.29, 1.82) is 0 Å². The predicted octanol–water partition coefficient (Wildman–Crippen LogP) is 0.712. The molecule has 1 atom stereocenters. The maximum atomic E-state index is 11.4. The summed E-state index contributed by atoms with van der Waals surface area (Å²) in [7, 11) is 0. The first-order chi connectivity index (χ1) is 8.13. The van der Waals surface area contributed by atoms with Gasteiger partial charge in [0.2, 0.25) is 5.91 Å². The van der Waals surface area contributed by atoms with Crippen molar-refractivity contribution in [3.8, 4) is 0 Å². The molecule has 0 radical (unpaired) electrons. The summed E-state index contributed by atoms with van der Waals surface area (Å²) in [4.78, 5) is 29.0. The van der Waals surface area contributed by atoms with Crippen LogP contribution in [0.15, 0.2) is 12.5 Å². The van der Waals surface area contributed by atoms with E-state index in [9.17, 15) is 9.59 Å². The number of H-pyrrole nitrogens is 1. The van der Waals surface area contributed by atoms with Crippen molar-refractivity contribution in [2.75, 3.05) is 0 Å². The molecule has 6 nitrogen and oxygen atoms in total. The number of nitrogens with one attached hydrogen (secondary N) is 2. The summed E-state index contributed by atoms with van der Waals surface area (Å²) in [5, 5.41) is 11.5. The average Bonchev–Trinajstić information content (AvgIpc) is 2.78. The first kappa shape index (κ1) is 13.2. The van der Waals surface area contributed by atoms with E-state index in [-0.39, 0.29) is 12.3 Å². The van der Waals surface area contributed by atoms with Crippen LogP contribution in [0.3, 0.4) is 0 Å². The molecule has 1 aromatic rings. The molecule has 1 amide bonds. The third-order valence-corrected chi connectivity index (χ3v) is 2.37. The Balaban J connectivity index is 2.49. The van der Waals surface area contributed by atoms with Crippen LogP contribution in [0.25, 0.3) is 0 Å². The van der Waals surface area contributed by atoms with Gasteiger partial charge in [0.05, 0.1) is 6.33 Å². The van der Waals surface area contributed by atoms with Crippen LogP contribution in [0.4, 0.5) is 0 Å². The number of hydrogen-bond acceptors (Lipinski definition) is 3. The van der Waals surface area contributed by atoms with E-state index in [0.29, 0.717) is 12.1 Å². The molecule has 94 valence electrons. The van der Waals surface area contributed by atoms with Crippen molar-refractivity contribution in [2.24, 2.45) is 0 Å². The second kappa shape index (κ2) is 6.67. The van der Waals surface area contributed by atoms with Gasteiger partial charge in [-0.25, -0.2) is 9.78 Å². The largest absolute Gasteiger partial charge is 0.480 e. The number of aromatic nitrogens is 2. The molecule has 17 heavy (non-hydrogen) atoms. The molecule has 0 fully saturated rings. The standard InChI is InChI=1S/C11H17N3O3/c1-2-3-4-10(15)14-9(11(16)17)5-8-6-12-7-13-8/h6-7,9H,2-5H2,1H3,(H,12,13)(H,14,15)(H,16,17)/t9-/m0/s1. The van der Waals surface area contributed by atoms with Crippen LogP contribution in [0, 0.1) is 0 Å². The van der Waals surface area contributed by atoms with E-state index in [1.54, 1.807) is 6.20 Å². The second-order valence-corrected chi connectivity index (χ2v) is 3.84. The number of aromatic amines is 1. The minimum atomic E-state index is -1.04. The fourth-order valence-corrected chi connectivity index (χ4v) is 1.42. The Labute approximate surface area is 99.4 Å². The number of imidazole rings is 1. The molecule has 0 saturated carbocycles. The molecule has 1 aromatic heterocycles. The number of aliphatic carboxylic acids is 1. The van der Waals surface area contributed by atoms with E-state index in [1.165, 1.54) is 6.33 Å². The fraction of sp³-hybridized carbons (Fsp3) is 0.545. The van der Waals surface area contributed by atoms with Crippen molar-refractivity contribution in [3.63, 3.8) is 0 Å². The van der Waals surface area contributed by atoms with Gasteiger partial charge in [-0.3, -0.25) is 4.79 Å². The van der Waals surface area contributed by atoms with Crippen LogP contribution in [0.5, 0.6) is 0 Å². The van der Waals surface area contributed by atoms with Gasteiger partial charge in [-0.15, -0.1) is 0 Å². The Bertz CT molecular complexity index is 362. The number of carboxylic acids is 1. The van der Waals surface area contributed by atoms with Gasteiger partial charge in [0, 0.05) is 24.7 Å². The zero-order chi connectivity index (χ0) is 12.7. The maximum absolute atomic E-state index is 11.4. The Morgan fingerprint density at radius 3 is 2.88 bits per heavy atom. The third kappa shape index (κ3) is 4.67. The summed E-state index contributed by atoms with van der Waals surface area (Å²) in [5.41, 5.74) is 0.688. The number of carboxylic acid groups (broad SMARTS) is 1. The van der Waals surface area contributed by atoms with Gasteiger partial charge < -0.3 is 15.4 Å². The lowest BCUT2D eigenvalue weighted by atomic mass is 10.1. The highest BCUT2D eigenvalue weighted by atomic mass is 16.4. The number of amides is 1. The van der Waals surface area contributed by atoms with Crippen LogP contribution in [-0.2, 0) is 16.0 Å². The van der Waals surface area contributed by atoms with Gasteiger partial charge in [-0.1, -0.05) is 13.3 Å². The maximum Gasteiger partial charge on any atom is 0.326 e. The average molecular weight is 239 g/mol. The number of hydrogen-bond donors (Lipinski definition) is 3. The zero-order valence-electron chi connectivity index (χ0n) is 9.77. The molecule has 0 saturated heterocycles. The number of nitrogens with zero attached hydrogens (tertiary/aromatic N) is 1. The summed E-state index contributed by atoms with van der Waals surface area (Å²) in [5.74, 6) is -1.26. The highest BCUT2D eigenvalue weighted by Crippen LogP contribution is 2.01. The molecule has 0 unspecified atom stereocenters. The van der Waals surface area contributed by atoms with Crippen LogP contribution in [0.1, 0.15) is 31.9 Å². The van der Waals surface area contributed by atoms with E-state index >= 15 is 0 Å². The van der Waals surface area contributed by atoms with Crippen molar-refractivity contribution in [2.45, 2.75) is 38.6 Å². The topological polar surface area (TPSA) is 95.1 Å². The smallest absolute Gasteiger partial charge is 0.326 e. The highest BCUT2D eigenvalue weighted by Gasteiger charge is 2.20. The van der Waals surface area contributed by atoms with Crippen LogP contribution in [-0.4, -0.2) is 33.0 Å². The van der Waals surface area contributed by atoms with E-state index in [1.807, 2.05) is 6.92 Å². The molecule has 0 aliphatic carbocycles. The zero-order valence-corrected chi connectivity index (χ0v) is 9.77. The lowest BCUT2D eigenvalue weighted by molar-refractivity contribution is -0.141. The van der Waals surface area contributed by atoms with Crippen molar-refractivity contribution >= 4 is 11.9 Å². The molecule has 3 N–H and O–H groups in total. The molecule has 6 heteroatoms. The van der Waals surface area contributed by atoms with Gasteiger partial charge in [-0.2, -0.15) is 0 Å². The first-order valence-electron chi connectivity index (χ1n) is 5.63. The minimum absolute atomic E-state index is 0.215. The molecule has 0 aliphatic rings. The SMILES string of the molecule is CCCCC(=O)N[C@@H](Cc1cnc[nH]1)C(=O)O. The quantitative estimate of drug-likeness (QED) is 0.653. The van der Waals surface area contributed by atoms with Gasteiger partial charge in [0.25, 0.3) is 0 Å². The summed E-state index contributed by atoms with van der Waals surface area (Å²) in [6, 6.07) is -0.903. The van der Waals surface area contributed by atoms with E-state index in [0.717, 1.165) is 12.8 Å². The van der Waals surface area contributed by atoms with Crippen molar-refractivity contribution < 1.29 is 14.7 Å². The number of unbranched alkanes of at least 4 members (excludes halogenated alkanes) is 1. The Kier molecular flexibility index (Phi) is 5.19. The van der Waals surface area contributed by atoms with Crippen LogP contribution < -0.4 is 5.32 Å². The van der Waals surface area contributed by atoms with E-state index < -0.39 is 12.0 Å². The molecule has 1 heterocycles. The Hall–Kier alpha value is -1.85. The predicted molar refractivity (Wildman–Crippen MR) is 61.4 cm³/mol. The highest BCUT2D eigenvalue weighted by molar-refractivity contribution is 5.83. The lowest BCUT2D eigenvalue weighted by Gasteiger charge is -2.13. The lowest BCUT2D eigenvalue weighted by Crippen LogP contribution is -2.42. The third-order valence-electron chi connectivity index (χ3n) is 2.37. The molecular weight excluding hydrogens is 222 g/mol. The molecule has 0 spiro atoms. The van der Waals surface area contributed by atoms with Crippen LogP contribution >= 0.6 is 0 Å². The Morgan fingerprint density at radius 1 is 1.59 bits per heavy atom. The van der Waals surface area contributed by atoms with E-state index in [2.05, 4.69) is 15.3 Å². The van der Waals surface area contributed by atoms with Crippen molar-refractivity contribution in [1.82, 2.24) is 15.3 Å². The summed E-state index contributed by atoms with van der Waals surface area (Å²) in [6.07, 6.45) is 5.28. The Morgan fingerprint density at radius 2 is 2.35 bits per heavy atom. The van der Waals surface area contributed by atoms with E-state index in [4.69, 9.17) is 5.11 Å². The van der Waals surface area contributed by atoms with Gasteiger partial charge in [0.15, 0.2) is 0 Å². The molecule has 0 aliphatic heterocycles. The summed E-state index contributed by atoms with van der Waals surface area (Å²) in [6.45, 7) is 1.98. The first-order valence-corrected chi connectivity index (χ1v) is 5.63. The molecule has 0 aromatic carbocycles. The summed E-state index contributed by atoms with van der Waals surface area (Å²) >= 11 is 0. The monoisotopic (exact) mass is 239 g/mol. The fourth-order valence-electron chi connectivity index (χ4n) is 1.42. The van der Waals surface area contributed by atoms with Crippen LogP contribution in [0.2, 0.25) is 0 Å². The van der Waals surface area contributed by atoms with Gasteiger partial charge >= 0.3 is 5.97 Å². The summed E-state index contributed by atoms with van der Waals surface area (Å²) < 4.78 is 0. The van der Waals surface area contributed by atoms with Crippen molar-refractivity contribution in [3.05, 3.63) is 18.2 Å². The molecule has 1 rings (SSSR count). The number of rotatable bonds is 7. The van der Waals surface area contributed by atoms with Gasteiger partial charge in [-0.05, 0) is 6.42 Å². The number of carbonyl (C=O) groups is 2. The van der Waals surface area contributed by atoms with Gasteiger partial charge in [0.1, 0.15) is 6.04 Å². The molecule has 0 bridgehead atoms. The second-order valence-electron chi connectivity index (χ2n) is 3.84. The normalized spacial score (nSPS) is 12.1. The minimum Gasteiger partial charge on any atom is -0.480 e. The number of carbonyl (C=O) groups excluding carboxylic acids is 1. The molecular formula is C11H17N3O3.